The molecule has 1 N–H and O–H groups in total. The fraction of sp³-hybridized carbons (Fsp3) is 0.200. The molecular weight excluding hydrogens is 193 g/mol. The first kappa shape index (κ1) is 10.6. The number of rotatable bonds is 1. The number of hydrogen-bond acceptors (Lipinski definition) is 1. The molecule has 1 rings (SSSR count). The van der Waals surface area contributed by atoms with E-state index < -0.39 is 11.7 Å². The van der Waals surface area contributed by atoms with E-state index in [-0.39, 0.29) is 16.9 Å². The lowest BCUT2D eigenvalue weighted by Gasteiger charge is -2.11. The van der Waals surface area contributed by atoms with Gasteiger partial charge in [-0.25, -0.2) is 0 Å². The molecule has 0 unspecified atom stereocenters. The number of halogens is 3. The van der Waals surface area contributed by atoms with Crippen molar-refractivity contribution < 1.29 is 18.3 Å². The Balaban J connectivity index is 3.29. The van der Waals surface area contributed by atoms with Crippen LogP contribution in [0.25, 0.3) is 5.76 Å². The minimum absolute atomic E-state index is 0.0860. The highest BCUT2D eigenvalue weighted by atomic mass is 19.4. The van der Waals surface area contributed by atoms with Crippen molar-refractivity contribution in [3.8, 4) is 0 Å². The van der Waals surface area contributed by atoms with Crippen LogP contribution in [0.5, 0.6) is 0 Å². The van der Waals surface area contributed by atoms with Crippen molar-refractivity contribution in [1.82, 2.24) is 0 Å². The maximum absolute atomic E-state index is 12.4. The molecule has 1 aromatic carbocycles. The van der Waals surface area contributed by atoms with Gasteiger partial charge in [0.1, 0.15) is 5.76 Å². The van der Waals surface area contributed by atoms with E-state index in [9.17, 15) is 13.2 Å². The Hall–Kier alpha value is -1.45. The number of benzene rings is 1. The molecule has 0 aromatic heterocycles. The van der Waals surface area contributed by atoms with E-state index in [1.165, 1.54) is 19.1 Å². The average molecular weight is 202 g/mol. The van der Waals surface area contributed by atoms with Gasteiger partial charge in [-0.15, -0.1) is 0 Å². The molecular formula is C10H9F3O. The molecule has 0 saturated heterocycles. The van der Waals surface area contributed by atoms with Gasteiger partial charge in [0.2, 0.25) is 0 Å². The third kappa shape index (κ3) is 2.07. The SMILES string of the molecule is C=C(O)c1ccc(C)c(C(F)(F)F)c1. The molecule has 0 fully saturated rings. The molecule has 4 heteroatoms. The maximum atomic E-state index is 12.4. The van der Waals surface area contributed by atoms with Crippen molar-refractivity contribution in [2.24, 2.45) is 0 Å². The van der Waals surface area contributed by atoms with Gasteiger partial charge < -0.3 is 5.11 Å². The van der Waals surface area contributed by atoms with Crippen LogP contribution in [-0.2, 0) is 6.18 Å². The Labute approximate surface area is 79.5 Å². The van der Waals surface area contributed by atoms with E-state index in [4.69, 9.17) is 5.11 Å². The topological polar surface area (TPSA) is 20.2 Å². The van der Waals surface area contributed by atoms with Gasteiger partial charge in [0.25, 0.3) is 0 Å². The van der Waals surface area contributed by atoms with Crippen LogP contribution in [0.15, 0.2) is 24.8 Å². The van der Waals surface area contributed by atoms with Crippen LogP contribution in [0.3, 0.4) is 0 Å². The van der Waals surface area contributed by atoms with E-state index in [1.807, 2.05) is 0 Å². The van der Waals surface area contributed by atoms with Crippen LogP contribution in [0.4, 0.5) is 13.2 Å². The van der Waals surface area contributed by atoms with Crippen LogP contribution in [-0.4, -0.2) is 5.11 Å². The van der Waals surface area contributed by atoms with E-state index in [1.54, 1.807) is 0 Å². The molecule has 0 amide bonds. The highest BCUT2D eigenvalue weighted by Gasteiger charge is 2.32. The van der Waals surface area contributed by atoms with Gasteiger partial charge in [-0.2, -0.15) is 13.2 Å². The van der Waals surface area contributed by atoms with Crippen LogP contribution < -0.4 is 0 Å². The summed E-state index contributed by atoms with van der Waals surface area (Å²) in [5, 5.41) is 8.94. The number of aryl methyl sites for hydroxylation is 1. The predicted molar refractivity (Wildman–Crippen MR) is 47.8 cm³/mol. The second kappa shape index (κ2) is 3.36. The van der Waals surface area contributed by atoms with E-state index in [2.05, 4.69) is 6.58 Å². The molecule has 14 heavy (non-hydrogen) atoms. The molecule has 1 aromatic rings. The summed E-state index contributed by atoms with van der Waals surface area (Å²) in [6.45, 7) is 4.53. The summed E-state index contributed by atoms with van der Waals surface area (Å²) >= 11 is 0. The average Bonchev–Trinajstić information content (AvgIpc) is 2.02. The first-order valence-corrected chi connectivity index (χ1v) is 3.88. The molecule has 0 heterocycles. The fourth-order valence-electron chi connectivity index (χ4n) is 1.11. The third-order valence-electron chi connectivity index (χ3n) is 1.88. The van der Waals surface area contributed by atoms with Gasteiger partial charge in [-0.3, -0.25) is 0 Å². The van der Waals surface area contributed by atoms with Gasteiger partial charge in [0.15, 0.2) is 0 Å². The second-order valence-corrected chi connectivity index (χ2v) is 2.97. The van der Waals surface area contributed by atoms with Gasteiger partial charge >= 0.3 is 6.18 Å². The fourth-order valence-corrected chi connectivity index (χ4v) is 1.11. The van der Waals surface area contributed by atoms with Crippen LogP contribution in [0.1, 0.15) is 16.7 Å². The number of aliphatic hydroxyl groups is 1. The summed E-state index contributed by atoms with van der Waals surface area (Å²) in [6.07, 6.45) is -4.39. The maximum Gasteiger partial charge on any atom is 0.416 e. The Morgan fingerprint density at radius 2 is 1.93 bits per heavy atom. The quantitative estimate of drug-likeness (QED) is 0.690. The minimum Gasteiger partial charge on any atom is -0.508 e. The molecule has 0 aliphatic carbocycles. The van der Waals surface area contributed by atoms with Gasteiger partial charge in [0, 0.05) is 5.56 Å². The molecule has 0 radical (unpaired) electrons. The predicted octanol–water partition coefficient (Wildman–Crippen LogP) is 3.54. The monoisotopic (exact) mass is 202 g/mol. The first-order chi connectivity index (χ1) is 6.32. The molecule has 1 nitrogen and oxygen atoms in total. The van der Waals surface area contributed by atoms with Crippen LogP contribution >= 0.6 is 0 Å². The molecule has 0 saturated carbocycles. The normalized spacial score (nSPS) is 11.4. The zero-order chi connectivity index (χ0) is 10.9. The summed E-state index contributed by atoms with van der Waals surface area (Å²) in [4.78, 5) is 0. The lowest BCUT2D eigenvalue weighted by atomic mass is 10.0. The number of aliphatic hydroxyl groups excluding tert-OH is 1. The number of hydrogen-bond donors (Lipinski definition) is 1. The molecule has 0 bridgehead atoms. The standard InChI is InChI=1S/C10H9F3O/c1-6-3-4-8(7(2)14)5-9(6)10(11,12)13/h3-5,14H,2H2,1H3. The Morgan fingerprint density at radius 1 is 1.36 bits per heavy atom. The van der Waals surface area contributed by atoms with Crippen molar-refractivity contribution in [2.45, 2.75) is 13.1 Å². The van der Waals surface area contributed by atoms with Crippen molar-refractivity contribution in [1.29, 1.82) is 0 Å². The van der Waals surface area contributed by atoms with E-state index in [0.717, 1.165) is 6.07 Å². The zero-order valence-electron chi connectivity index (χ0n) is 7.52. The highest BCUT2D eigenvalue weighted by molar-refractivity contribution is 5.57. The molecule has 0 aliphatic heterocycles. The summed E-state index contributed by atoms with van der Waals surface area (Å²) in [7, 11) is 0. The van der Waals surface area contributed by atoms with Crippen molar-refractivity contribution in [2.75, 3.05) is 0 Å². The van der Waals surface area contributed by atoms with Crippen molar-refractivity contribution in [3.63, 3.8) is 0 Å². The molecule has 76 valence electrons. The smallest absolute Gasteiger partial charge is 0.416 e. The van der Waals surface area contributed by atoms with Crippen molar-refractivity contribution in [3.05, 3.63) is 41.5 Å². The Kier molecular flexibility index (Phi) is 2.55. The Bertz CT molecular complexity index is 366. The summed E-state index contributed by atoms with van der Waals surface area (Å²) in [6, 6.07) is 3.59. The summed E-state index contributed by atoms with van der Waals surface area (Å²) < 4.78 is 37.1. The second-order valence-electron chi connectivity index (χ2n) is 2.97. The molecule has 0 spiro atoms. The van der Waals surface area contributed by atoms with E-state index in [0.29, 0.717) is 0 Å². The molecule has 0 aliphatic rings. The first-order valence-electron chi connectivity index (χ1n) is 3.88. The zero-order valence-corrected chi connectivity index (χ0v) is 7.52. The van der Waals surface area contributed by atoms with Gasteiger partial charge in [-0.1, -0.05) is 18.7 Å². The third-order valence-corrected chi connectivity index (χ3v) is 1.88. The molecule has 0 atom stereocenters. The lowest BCUT2D eigenvalue weighted by molar-refractivity contribution is -0.138. The summed E-state index contributed by atoms with van der Waals surface area (Å²) in [5.74, 6) is -0.365. The minimum atomic E-state index is -4.39. The highest BCUT2D eigenvalue weighted by Crippen LogP contribution is 2.33. The van der Waals surface area contributed by atoms with Crippen LogP contribution in [0.2, 0.25) is 0 Å². The largest absolute Gasteiger partial charge is 0.508 e. The van der Waals surface area contributed by atoms with Crippen molar-refractivity contribution >= 4 is 5.76 Å². The van der Waals surface area contributed by atoms with E-state index >= 15 is 0 Å². The van der Waals surface area contributed by atoms with Gasteiger partial charge in [0.05, 0.1) is 5.56 Å². The number of alkyl halides is 3. The lowest BCUT2D eigenvalue weighted by Crippen LogP contribution is -2.07. The summed E-state index contributed by atoms with van der Waals surface area (Å²) in [5.41, 5.74) is -0.532. The Morgan fingerprint density at radius 3 is 2.36 bits per heavy atom. The van der Waals surface area contributed by atoms with Gasteiger partial charge in [-0.05, 0) is 18.6 Å². The van der Waals surface area contributed by atoms with Crippen LogP contribution in [0, 0.1) is 6.92 Å².